The highest BCUT2D eigenvalue weighted by atomic mass is 35.5. The molecule has 0 atom stereocenters. The Morgan fingerprint density at radius 3 is 2.78 bits per heavy atom. The number of amides is 1. The lowest BCUT2D eigenvalue weighted by Gasteiger charge is -2.09. The molecule has 6 heteroatoms. The number of aromatic nitrogens is 1. The van der Waals surface area contributed by atoms with Gasteiger partial charge in [0.05, 0.1) is 22.3 Å². The number of anilines is 1. The van der Waals surface area contributed by atoms with Crippen LogP contribution in [0.4, 0.5) is 10.1 Å². The van der Waals surface area contributed by atoms with E-state index in [1.807, 2.05) is 6.07 Å². The van der Waals surface area contributed by atoms with Crippen LogP contribution < -0.4 is 5.32 Å². The Morgan fingerprint density at radius 2 is 2.00 bits per heavy atom. The Balaban J connectivity index is 1.99. The number of carbonyl (C=O) groups is 1. The molecule has 3 rings (SSSR count). The molecule has 0 saturated heterocycles. The summed E-state index contributed by atoms with van der Waals surface area (Å²) in [6.07, 6.45) is 0. The maximum atomic E-state index is 13.2. The summed E-state index contributed by atoms with van der Waals surface area (Å²) in [6.45, 7) is 0. The maximum absolute atomic E-state index is 13.2. The number of benzene rings is 2. The Labute approximate surface area is 136 Å². The summed E-state index contributed by atoms with van der Waals surface area (Å²) in [6, 6.07) is 14.2. The summed E-state index contributed by atoms with van der Waals surface area (Å²) < 4.78 is 13.2. The number of hydrogen-bond donors (Lipinski definition) is 1. The number of nitriles is 1. The largest absolute Gasteiger partial charge is 0.321 e. The second-order valence-electron chi connectivity index (χ2n) is 4.78. The normalized spacial score (nSPS) is 10.3. The van der Waals surface area contributed by atoms with Crippen LogP contribution in [0.5, 0.6) is 0 Å². The average molecular weight is 326 g/mol. The van der Waals surface area contributed by atoms with Crippen molar-refractivity contribution in [3.05, 3.63) is 70.6 Å². The molecule has 3 aromatic rings. The van der Waals surface area contributed by atoms with Crippen molar-refractivity contribution in [3.63, 3.8) is 0 Å². The van der Waals surface area contributed by atoms with E-state index >= 15 is 0 Å². The third-order valence-corrected chi connectivity index (χ3v) is 3.56. The number of hydrogen-bond acceptors (Lipinski definition) is 3. The molecule has 0 unspecified atom stereocenters. The van der Waals surface area contributed by atoms with Crippen molar-refractivity contribution in [1.82, 2.24) is 4.98 Å². The van der Waals surface area contributed by atoms with Gasteiger partial charge < -0.3 is 5.32 Å². The van der Waals surface area contributed by atoms with Crippen LogP contribution in [-0.4, -0.2) is 10.9 Å². The predicted molar refractivity (Wildman–Crippen MR) is 85.8 cm³/mol. The van der Waals surface area contributed by atoms with Crippen LogP contribution >= 0.6 is 11.6 Å². The van der Waals surface area contributed by atoms with E-state index in [0.29, 0.717) is 22.2 Å². The van der Waals surface area contributed by atoms with E-state index in [9.17, 15) is 9.18 Å². The van der Waals surface area contributed by atoms with Crippen molar-refractivity contribution in [2.24, 2.45) is 0 Å². The standard InChI is InChI=1S/C17H9ClFN3O/c18-16-13(7-10-5-6-12(19)8-15(10)21-16)17(23)22-14-4-2-1-3-11(14)9-20/h1-8H,(H,22,23). The Hall–Kier alpha value is -2.97. The first-order valence-electron chi connectivity index (χ1n) is 6.65. The van der Waals surface area contributed by atoms with E-state index in [1.165, 1.54) is 24.3 Å². The molecule has 1 amide bonds. The van der Waals surface area contributed by atoms with Crippen LogP contribution in [0, 0.1) is 17.1 Å². The molecule has 0 aliphatic rings. The molecule has 0 aliphatic carbocycles. The molecule has 2 aromatic carbocycles. The highest BCUT2D eigenvalue weighted by Crippen LogP contribution is 2.23. The lowest BCUT2D eigenvalue weighted by Crippen LogP contribution is -2.14. The molecule has 0 spiro atoms. The third kappa shape index (κ3) is 2.98. The zero-order valence-electron chi connectivity index (χ0n) is 11.7. The Bertz CT molecular complexity index is 966. The Morgan fingerprint density at radius 1 is 1.22 bits per heavy atom. The topological polar surface area (TPSA) is 65.8 Å². The molecule has 1 N–H and O–H groups in total. The number of para-hydroxylation sites is 1. The van der Waals surface area contributed by atoms with E-state index in [-0.39, 0.29) is 10.7 Å². The van der Waals surface area contributed by atoms with Crippen LogP contribution in [0.1, 0.15) is 15.9 Å². The highest BCUT2D eigenvalue weighted by molar-refractivity contribution is 6.33. The van der Waals surface area contributed by atoms with Crippen molar-refractivity contribution in [2.45, 2.75) is 0 Å². The third-order valence-electron chi connectivity index (χ3n) is 3.27. The number of fused-ring (bicyclic) bond motifs is 1. The minimum Gasteiger partial charge on any atom is -0.321 e. The number of nitrogens with one attached hydrogen (secondary N) is 1. The fraction of sp³-hybridized carbons (Fsp3) is 0. The lowest BCUT2D eigenvalue weighted by molar-refractivity contribution is 0.102. The number of pyridine rings is 1. The lowest BCUT2D eigenvalue weighted by atomic mass is 10.1. The van der Waals surface area contributed by atoms with E-state index in [4.69, 9.17) is 16.9 Å². The number of halogens is 2. The Kier molecular flexibility index (Phi) is 3.92. The summed E-state index contributed by atoms with van der Waals surface area (Å²) in [4.78, 5) is 16.4. The van der Waals surface area contributed by atoms with Crippen molar-refractivity contribution in [3.8, 4) is 6.07 Å². The molecule has 0 aliphatic heterocycles. The van der Waals surface area contributed by atoms with Crippen molar-refractivity contribution in [1.29, 1.82) is 5.26 Å². The molecule has 0 bridgehead atoms. The maximum Gasteiger partial charge on any atom is 0.258 e. The van der Waals surface area contributed by atoms with Gasteiger partial charge in [0.2, 0.25) is 0 Å². The van der Waals surface area contributed by atoms with Gasteiger partial charge in [-0.25, -0.2) is 9.37 Å². The van der Waals surface area contributed by atoms with E-state index in [1.54, 1.807) is 24.3 Å². The van der Waals surface area contributed by atoms with Gasteiger partial charge in [-0.3, -0.25) is 4.79 Å². The van der Waals surface area contributed by atoms with E-state index in [2.05, 4.69) is 10.3 Å². The quantitative estimate of drug-likeness (QED) is 0.720. The van der Waals surface area contributed by atoms with E-state index < -0.39 is 11.7 Å². The van der Waals surface area contributed by atoms with Gasteiger partial charge in [-0.1, -0.05) is 23.7 Å². The number of rotatable bonds is 2. The smallest absolute Gasteiger partial charge is 0.258 e. The van der Waals surface area contributed by atoms with Crippen molar-refractivity contribution < 1.29 is 9.18 Å². The molecule has 1 aromatic heterocycles. The highest BCUT2D eigenvalue weighted by Gasteiger charge is 2.15. The first-order valence-corrected chi connectivity index (χ1v) is 7.02. The summed E-state index contributed by atoms with van der Waals surface area (Å²) in [5.41, 5.74) is 1.24. The van der Waals surface area contributed by atoms with Gasteiger partial charge in [0.1, 0.15) is 17.0 Å². The van der Waals surface area contributed by atoms with Crippen LogP contribution in [0.15, 0.2) is 48.5 Å². The van der Waals surface area contributed by atoms with Gasteiger partial charge >= 0.3 is 0 Å². The van der Waals surface area contributed by atoms with Crippen LogP contribution in [-0.2, 0) is 0 Å². The molecule has 4 nitrogen and oxygen atoms in total. The second kappa shape index (κ2) is 6.03. The molecule has 0 saturated carbocycles. The summed E-state index contributed by atoms with van der Waals surface area (Å²) in [7, 11) is 0. The molecule has 0 radical (unpaired) electrons. The number of carbonyl (C=O) groups excluding carboxylic acids is 1. The molecular weight excluding hydrogens is 317 g/mol. The van der Waals surface area contributed by atoms with Gasteiger partial charge in [0.15, 0.2) is 0 Å². The van der Waals surface area contributed by atoms with Crippen molar-refractivity contribution >= 4 is 34.1 Å². The predicted octanol–water partition coefficient (Wildman–Crippen LogP) is 4.15. The summed E-state index contributed by atoms with van der Waals surface area (Å²) >= 11 is 6.03. The fourth-order valence-corrected chi connectivity index (χ4v) is 2.39. The minimum absolute atomic E-state index is 0.0324. The van der Waals surface area contributed by atoms with Crippen LogP contribution in [0.3, 0.4) is 0 Å². The van der Waals surface area contributed by atoms with Crippen LogP contribution in [0.25, 0.3) is 10.9 Å². The SMILES string of the molecule is N#Cc1ccccc1NC(=O)c1cc2ccc(F)cc2nc1Cl. The molecule has 23 heavy (non-hydrogen) atoms. The average Bonchev–Trinajstić information content (AvgIpc) is 2.54. The molecule has 1 heterocycles. The van der Waals surface area contributed by atoms with Gasteiger partial charge in [0.25, 0.3) is 5.91 Å². The van der Waals surface area contributed by atoms with E-state index in [0.717, 1.165) is 0 Å². The monoisotopic (exact) mass is 325 g/mol. The fourth-order valence-electron chi connectivity index (χ4n) is 2.16. The first kappa shape index (κ1) is 14.9. The van der Waals surface area contributed by atoms with Gasteiger partial charge in [0, 0.05) is 11.5 Å². The van der Waals surface area contributed by atoms with Crippen molar-refractivity contribution in [2.75, 3.05) is 5.32 Å². The number of nitrogens with zero attached hydrogens (tertiary/aromatic N) is 2. The van der Waals surface area contributed by atoms with Gasteiger partial charge in [-0.15, -0.1) is 0 Å². The zero-order valence-corrected chi connectivity index (χ0v) is 12.4. The molecule has 112 valence electrons. The second-order valence-corrected chi connectivity index (χ2v) is 5.13. The van der Waals surface area contributed by atoms with Gasteiger partial charge in [-0.05, 0) is 30.3 Å². The summed E-state index contributed by atoms with van der Waals surface area (Å²) in [5, 5.41) is 12.2. The molecule has 0 fully saturated rings. The first-order chi connectivity index (χ1) is 11.1. The molecular formula is C17H9ClFN3O. The summed E-state index contributed by atoms with van der Waals surface area (Å²) in [5.74, 6) is -0.919. The zero-order chi connectivity index (χ0) is 16.4. The van der Waals surface area contributed by atoms with Gasteiger partial charge in [-0.2, -0.15) is 5.26 Å². The minimum atomic E-state index is -0.489. The van der Waals surface area contributed by atoms with Crippen LogP contribution in [0.2, 0.25) is 5.15 Å².